The molecule has 5 rings (SSSR count). The number of carbonyl (C=O) groups excluding carboxylic acids is 1. The zero-order valence-electron chi connectivity index (χ0n) is 19.1. The first-order valence-electron chi connectivity index (χ1n) is 11.4. The van der Waals surface area contributed by atoms with Crippen LogP contribution in [-0.2, 0) is 23.7 Å². The van der Waals surface area contributed by atoms with Crippen molar-refractivity contribution < 1.29 is 63.9 Å². The van der Waals surface area contributed by atoms with E-state index in [-0.39, 0.29) is 17.1 Å². The number of carbonyl (C=O) groups is 1. The largest absolute Gasteiger partial charge is 0.504 e. The number of benzene rings is 1. The SMILES string of the molecule is COc1ccc(C(=O)O[C@H]2[C@@H]3C=CO[C@H](O[C@@H]4O[C@H](CO)[C@@H](O)[C@H](O)[C@H]4O)[C@@H]3[C@@]3(CO)O[C@@H]23)cc1O. The summed E-state index contributed by atoms with van der Waals surface area (Å²) in [6.07, 6.45) is -7.22. The van der Waals surface area contributed by atoms with E-state index in [1.165, 1.54) is 31.6 Å². The van der Waals surface area contributed by atoms with Gasteiger partial charge in [0.1, 0.15) is 42.2 Å². The molecule has 0 spiro atoms. The van der Waals surface area contributed by atoms with Gasteiger partial charge in [-0.3, -0.25) is 0 Å². The zero-order valence-corrected chi connectivity index (χ0v) is 19.1. The molecule has 11 atom stereocenters. The summed E-state index contributed by atoms with van der Waals surface area (Å²) < 4.78 is 33.3. The van der Waals surface area contributed by atoms with Crippen LogP contribution in [0.2, 0.25) is 0 Å². The molecular formula is C23H28O13. The number of aliphatic hydroxyl groups excluding tert-OH is 5. The summed E-state index contributed by atoms with van der Waals surface area (Å²) in [6, 6.07) is 4.07. The quantitative estimate of drug-likeness (QED) is 0.173. The van der Waals surface area contributed by atoms with Crippen LogP contribution in [0, 0.1) is 11.8 Å². The first-order valence-corrected chi connectivity index (χ1v) is 11.4. The average molecular weight is 512 g/mol. The van der Waals surface area contributed by atoms with Crippen molar-refractivity contribution in [3.63, 3.8) is 0 Å². The van der Waals surface area contributed by atoms with E-state index >= 15 is 0 Å². The molecule has 0 radical (unpaired) electrons. The highest BCUT2D eigenvalue weighted by molar-refractivity contribution is 5.90. The van der Waals surface area contributed by atoms with Gasteiger partial charge in [0.25, 0.3) is 0 Å². The summed E-state index contributed by atoms with van der Waals surface area (Å²) in [5.41, 5.74) is -1.08. The number of ether oxygens (including phenoxy) is 6. The molecule has 2 saturated heterocycles. The summed E-state index contributed by atoms with van der Waals surface area (Å²) in [4.78, 5) is 12.9. The normalized spacial score (nSPS) is 42.7. The smallest absolute Gasteiger partial charge is 0.338 e. The Kier molecular flexibility index (Phi) is 6.59. The number of phenols is 1. The third kappa shape index (κ3) is 3.92. The lowest BCUT2D eigenvalue weighted by atomic mass is 9.85. The molecule has 0 aromatic heterocycles. The van der Waals surface area contributed by atoms with Gasteiger partial charge in [0.15, 0.2) is 17.8 Å². The molecule has 0 unspecified atom stereocenters. The molecule has 1 aromatic rings. The van der Waals surface area contributed by atoms with Crippen LogP contribution in [0.1, 0.15) is 10.4 Å². The molecule has 3 aliphatic heterocycles. The fourth-order valence-electron chi connectivity index (χ4n) is 5.30. The van der Waals surface area contributed by atoms with Crippen molar-refractivity contribution >= 4 is 5.97 Å². The van der Waals surface area contributed by atoms with Crippen LogP contribution in [-0.4, -0.2) is 112 Å². The second-order valence-electron chi connectivity index (χ2n) is 9.18. The lowest BCUT2D eigenvalue weighted by Crippen LogP contribution is -2.60. The monoisotopic (exact) mass is 512 g/mol. The Morgan fingerprint density at radius 3 is 2.56 bits per heavy atom. The minimum atomic E-state index is -1.66. The van der Waals surface area contributed by atoms with Gasteiger partial charge in [-0.1, -0.05) is 0 Å². The van der Waals surface area contributed by atoms with Crippen molar-refractivity contribution in [2.75, 3.05) is 20.3 Å². The second kappa shape index (κ2) is 9.43. The van der Waals surface area contributed by atoms with E-state index in [0.29, 0.717) is 0 Å². The van der Waals surface area contributed by atoms with Crippen molar-refractivity contribution in [2.45, 2.75) is 54.8 Å². The number of aromatic hydroxyl groups is 1. The molecule has 0 bridgehead atoms. The molecule has 198 valence electrons. The molecule has 13 heteroatoms. The molecular weight excluding hydrogens is 484 g/mol. The van der Waals surface area contributed by atoms with E-state index in [9.17, 15) is 35.4 Å². The average Bonchev–Trinajstić information content (AvgIpc) is 3.56. The van der Waals surface area contributed by atoms with Crippen molar-refractivity contribution in [2.24, 2.45) is 11.8 Å². The number of hydrogen-bond donors (Lipinski definition) is 6. The van der Waals surface area contributed by atoms with Crippen LogP contribution < -0.4 is 4.74 Å². The molecule has 13 nitrogen and oxygen atoms in total. The Bertz CT molecular complexity index is 1010. The minimum absolute atomic E-state index is 0.0807. The number of hydrogen-bond acceptors (Lipinski definition) is 13. The number of rotatable bonds is 7. The number of epoxide rings is 1. The highest BCUT2D eigenvalue weighted by Crippen LogP contribution is 2.60. The van der Waals surface area contributed by atoms with Gasteiger partial charge < -0.3 is 59.1 Å². The third-order valence-corrected chi connectivity index (χ3v) is 7.26. The first-order chi connectivity index (χ1) is 17.2. The summed E-state index contributed by atoms with van der Waals surface area (Å²) in [5, 5.41) is 60.0. The summed E-state index contributed by atoms with van der Waals surface area (Å²) in [6.45, 7) is -1.07. The lowest BCUT2D eigenvalue weighted by Gasteiger charge is -2.43. The third-order valence-electron chi connectivity index (χ3n) is 7.26. The Morgan fingerprint density at radius 2 is 1.89 bits per heavy atom. The second-order valence-corrected chi connectivity index (χ2v) is 9.18. The van der Waals surface area contributed by atoms with E-state index in [2.05, 4.69) is 0 Å². The molecule has 1 aliphatic carbocycles. The van der Waals surface area contributed by atoms with Crippen LogP contribution in [0.3, 0.4) is 0 Å². The summed E-state index contributed by atoms with van der Waals surface area (Å²) in [5.74, 6) is -1.99. The first kappa shape index (κ1) is 25.2. The maximum Gasteiger partial charge on any atom is 0.338 e. The van der Waals surface area contributed by atoms with Gasteiger partial charge in [-0.15, -0.1) is 0 Å². The van der Waals surface area contributed by atoms with Gasteiger partial charge in [0.2, 0.25) is 6.29 Å². The number of aliphatic hydroxyl groups is 5. The van der Waals surface area contributed by atoms with E-state index in [0.717, 1.165) is 0 Å². The van der Waals surface area contributed by atoms with E-state index in [4.69, 9.17) is 28.4 Å². The predicted molar refractivity (Wildman–Crippen MR) is 114 cm³/mol. The molecule has 1 saturated carbocycles. The van der Waals surface area contributed by atoms with Crippen molar-refractivity contribution in [1.29, 1.82) is 0 Å². The van der Waals surface area contributed by atoms with E-state index in [1.54, 1.807) is 6.08 Å². The van der Waals surface area contributed by atoms with E-state index < -0.39 is 85.8 Å². The number of esters is 1. The maximum atomic E-state index is 12.9. The molecule has 0 amide bonds. The topological polar surface area (TPSA) is 197 Å². The minimum Gasteiger partial charge on any atom is -0.504 e. The fraction of sp³-hybridized carbons (Fsp3) is 0.609. The van der Waals surface area contributed by atoms with Crippen LogP contribution in [0.15, 0.2) is 30.5 Å². The van der Waals surface area contributed by atoms with E-state index in [1.807, 2.05) is 0 Å². The van der Waals surface area contributed by atoms with Crippen LogP contribution in [0.5, 0.6) is 11.5 Å². The standard InChI is InChI=1S/C23H28O13/c1-31-12-3-2-9(6-11(12)26)20(30)34-18-10-4-5-32-21(14(10)23(8-25)19(18)36-23)35-22-17(29)16(28)15(27)13(7-24)33-22/h2-6,10,13-19,21-22,24-29H,7-8H2,1H3/t10-,13-,14-,15-,16+,17-,18+,19+,21-,22+,23-/m1/s1. The summed E-state index contributed by atoms with van der Waals surface area (Å²) >= 11 is 0. The molecule has 1 aromatic carbocycles. The Hall–Kier alpha value is -2.49. The van der Waals surface area contributed by atoms with Crippen molar-refractivity contribution in [1.82, 2.24) is 0 Å². The van der Waals surface area contributed by atoms with Gasteiger partial charge in [-0.25, -0.2) is 4.79 Å². The van der Waals surface area contributed by atoms with Crippen molar-refractivity contribution in [3.05, 3.63) is 36.1 Å². The van der Waals surface area contributed by atoms with Crippen molar-refractivity contribution in [3.8, 4) is 11.5 Å². The van der Waals surface area contributed by atoms with Crippen LogP contribution in [0.25, 0.3) is 0 Å². The summed E-state index contributed by atoms with van der Waals surface area (Å²) in [7, 11) is 1.38. The van der Waals surface area contributed by atoms with Gasteiger partial charge >= 0.3 is 5.97 Å². The molecule has 3 fully saturated rings. The lowest BCUT2D eigenvalue weighted by molar-refractivity contribution is -0.344. The maximum absolute atomic E-state index is 12.9. The number of phenolic OH excluding ortho intramolecular Hbond substituents is 1. The Morgan fingerprint density at radius 1 is 1.11 bits per heavy atom. The van der Waals surface area contributed by atoms with Crippen LogP contribution in [0.4, 0.5) is 0 Å². The van der Waals surface area contributed by atoms with Gasteiger partial charge in [0.05, 0.1) is 38.1 Å². The number of fused-ring (bicyclic) bond motifs is 3. The Labute approximate surface area is 205 Å². The zero-order chi connectivity index (χ0) is 25.8. The Balaban J connectivity index is 1.34. The highest BCUT2D eigenvalue weighted by Gasteiger charge is 2.77. The molecule has 4 aliphatic rings. The highest BCUT2D eigenvalue weighted by atomic mass is 16.8. The van der Waals surface area contributed by atoms with Gasteiger partial charge in [-0.2, -0.15) is 0 Å². The molecule has 6 N–H and O–H groups in total. The number of methoxy groups -OCH3 is 1. The molecule has 36 heavy (non-hydrogen) atoms. The van der Waals surface area contributed by atoms with Crippen LogP contribution >= 0.6 is 0 Å². The van der Waals surface area contributed by atoms with Gasteiger partial charge in [-0.05, 0) is 24.3 Å². The van der Waals surface area contributed by atoms with Gasteiger partial charge in [0, 0.05) is 5.92 Å². The predicted octanol–water partition coefficient (Wildman–Crippen LogP) is -2.01. The fourth-order valence-corrected chi connectivity index (χ4v) is 5.30. The molecule has 3 heterocycles.